The van der Waals surface area contributed by atoms with Crippen LogP contribution >= 0.6 is 0 Å². The summed E-state index contributed by atoms with van der Waals surface area (Å²) in [5.74, 6) is -7.32. The zero-order chi connectivity index (χ0) is 43.8. The zero-order valence-corrected chi connectivity index (χ0v) is 33.5. The Balaban J connectivity index is 1.84. The molecule has 19 heteroatoms. The lowest BCUT2D eigenvalue weighted by Crippen LogP contribution is -2.58. The maximum Gasteiger partial charge on any atom is 0.322 e. The Morgan fingerprint density at radius 2 is 1.29 bits per heavy atom. The molecule has 0 aliphatic rings. The van der Waals surface area contributed by atoms with Gasteiger partial charge in [0.1, 0.15) is 36.5 Å². The molecule has 6 atom stereocenters. The number of phenols is 1. The molecule has 59 heavy (non-hydrogen) atoms. The van der Waals surface area contributed by atoms with Crippen molar-refractivity contribution in [3.8, 4) is 5.75 Å². The summed E-state index contributed by atoms with van der Waals surface area (Å²) in [5, 5.41) is 34.4. The van der Waals surface area contributed by atoms with Gasteiger partial charge in [0.25, 0.3) is 0 Å². The quantitative estimate of drug-likeness (QED) is 0.0563. The van der Waals surface area contributed by atoms with Crippen LogP contribution in [0.15, 0.2) is 54.7 Å². The monoisotopic (exact) mass is 821 g/mol. The number of nitrogens with two attached hydrogens (primary N) is 2. The molecule has 3 rings (SSSR count). The lowest BCUT2D eigenvalue weighted by Gasteiger charge is -2.26. The van der Waals surface area contributed by atoms with E-state index in [1.165, 1.54) is 12.1 Å². The van der Waals surface area contributed by atoms with Crippen molar-refractivity contribution in [3.05, 3.63) is 65.9 Å². The minimum Gasteiger partial charge on any atom is -0.508 e. The van der Waals surface area contributed by atoms with E-state index < -0.39 is 97.0 Å². The number of primary amides is 1. The number of aliphatic carboxylic acids is 1. The molecule has 0 saturated carbocycles. The number of aromatic amines is 1. The van der Waals surface area contributed by atoms with Gasteiger partial charge in [-0.1, -0.05) is 64.4 Å². The highest BCUT2D eigenvalue weighted by Crippen LogP contribution is 2.19. The molecule has 2 aromatic carbocycles. The van der Waals surface area contributed by atoms with E-state index in [1.807, 2.05) is 27.7 Å². The molecule has 320 valence electrons. The number of amides is 7. The average molecular weight is 822 g/mol. The molecule has 1 heterocycles. The highest BCUT2D eigenvalue weighted by atomic mass is 16.4. The third kappa shape index (κ3) is 15.1. The van der Waals surface area contributed by atoms with E-state index in [0.717, 1.165) is 10.9 Å². The van der Waals surface area contributed by atoms with Gasteiger partial charge in [-0.2, -0.15) is 0 Å². The number of para-hydroxylation sites is 1. The molecule has 0 radical (unpaired) electrons. The minimum absolute atomic E-state index is 0.0270. The highest BCUT2D eigenvalue weighted by molar-refractivity contribution is 5.97. The second-order valence-corrected chi connectivity index (χ2v) is 14.8. The maximum atomic E-state index is 13.7. The normalized spacial score (nSPS) is 14.1. The fourth-order valence-corrected chi connectivity index (χ4v) is 6.07. The molecule has 19 nitrogen and oxygen atoms in total. The molecule has 1 aromatic heterocycles. The number of aromatic nitrogens is 1. The van der Waals surface area contributed by atoms with E-state index in [1.54, 1.807) is 42.6 Å². The van der Waals surface area contributed by atoms with Crippen molar-refractivity contribution in [2.45, 2.75) is 90.0 Å². The first kappa shape index (κ1) is 46.9. The molecule has 13 N–H and O–H groups in total. The number of hydrogen-bond donors (Lipinski definition) is 11. The number of fused-ring (bicyclic) bond motifs is 1. The molecule has 0 saturated heterocycles. The standard InChI is InChI=1S/C40H55N9O10/c1-5-22(4)35(42)40(59)49-28(14-21(2)3)38(57)47-29(15-23-10-12-25(50)13-11-23)36(55)44-19-33(52)46-30(16-24-18-43-27-9-7-6-8-26(24)27)39(58)48-31(17-32(41)51)37(56)45-20-34(53)54/h6-13,18,21-22,28-31,35,43,50H,5,14-17,19-20,42H2,1-4H3,(H2,41,51)(H,44,55)(H,45,56)(H,46,52)(H,47,57)(H,48,58)(H,49,59)(H,53,54)/t22-,28-,29-,30-,31-,35-/m0/s1. The lowest BCUT2D eigenvalue weighted by molar-refractivity contribution is -0.138. The second kappa shape index (κ2) is 22.4. The van der Waals surface area contributed by atoms with Gasteiger partial charge in [0.05, 0.1) is 19.0 Å². The molecular weight excluding hydrogens is 766 g/mol. The van der Waals surface area contributed by atoms with Crippen LogP contribution in [0.25, 0.3) is 10.9 Å². The first-order chi connectivity index (χ1) is 27.9. The fraction of sp³-hybridized carbons (Fsp3) is 0.450. The van der Waals surface area contributed by atoms with Crippen molar-refractivity contribution in [3.63, 3.8) is 0 Å². The van der Waals surface area contributed by atoms with Crippen LogP contribution in [0.2, 0.25) is 0 Å². The van der Waals surface area contributed by atoms with Crippen LogP contribution in [0.1, 0.15) is 58.1 Å². The van der Waals surface area contributed by atoms with Crippen molar-refractivity contribution < 1.29 is 48.6 Å². The molecule has 7 amide bonds. The van der Waals surface area contributed by atoms with E-state index in [9.17, 15) is 43.5 Å². The summed E-state index contributed by atoms with van der Waals surface area (Å²) in [6.07, 6.45) is 1.60. The number of H-pyrrole nitrogens is 1. The van der Waals surface area contributed by atoms with Crippen LogP contribution in [0.5, 0.6) is 5.75 Å². The first-order valence-electron chi connectivity index (χ1n) is 19.2. The predicted molar refractivity (Wildman–Crippen MR) is 216 cm³/mol. The largest absolute Gasteiger partial charge is 0.508 e. The van der Waals surface area contributed by atoms with Gasteiger partial charge in [0.15, 0.2) is 0 Å². The number of phenolic OH excluding ortho intramolecular Hbond substituents is 1. The Kier molecular flexibility index (Phi) is 17.8. The third-order valence-corrected chi connectivity index (χ3v) is 9.53. The van der Waals surface area contributed by atoms with Crippen molar-refractivity contribution in [2.75, 3.05) is 13.1 Å². The van der Waals surface area contributed by atoms with Crippen LogP contribution in [-0.4, -0.2) is 106 Å². The topological polar surface area (TPSA) is 317 Å². The van der Waals surface area contributed by atoms with Gasteiger partial charge >= 0.3 is 5.97 Å². The summed E-state index contributed by atoms with van der Waals surface area (Å²) in [5.41, 5.74) is 13.3. The molecular formula is C40H55N9O10. The summed E-state index contributed by atoms with van der Waals surface area (Å²) in [6.45, 7) is 5.94. The SMILES string of the molecule is CC[C@H](C)[C@H](N)C(=O)N[C@@H](CC(C)C)C(=O)N[C@@H](Cc1ccc(O)cc1)C(=O)NCC(=O)N[C@@H](Cc1c[nH]c2ccccc12)C(=O)N[C@@H](CC(N)=O)C(=O)NCC(=O)O. The Hall–Kier alpha value is -6.50. The van der Waals surface area contributed by atoms with Crippen LogP contribution in [0, 0.1) is 11.8 Å². The van der Waals surface area contributed by atoms with E-state index >= 15 is 0 Å². The van der Waals surface area contributed by atoms with Crippen LogP contribution < -0.4 is 43.4 Å². The van der Waals surface area contributed by atoms with Gasteiger partial charge in [-0.15, -0.1) is 0 Å². The molecule has 0 bridgehead atoms. The van der Waals surface area contributed by atoms with Crippen molar-refractivity contribution in [2.24, 2.45) is 23.3 Å². The Morgan fingerprint density at radius 1 is 0.712 bits per heavy atom. The third-order valence-electron chi connectivity index (χ3n) is 9.53. The molecule has 0 aliphatic heterocycles. The number of carbonyl (C=O) groups is 8. The van der Waals surface area contributed by atoms with Gasteiger partial charge in [0.2, 0.25) is 41.4 Å². The van der Waals surface area contributed by atoms with E-state index in [2.05, 4.69) is 36.9 Å². The number of hydrogen-bond acceptors (Lipinski definition) is 10. The Bertz CT molecular complexity index is 1970. The van der Waals surface area contributed by atoms with Crippen molar-refractivity contribution >= 4 is 58.2 Å². The summed E-state index contributed by atoms with van der Waals surface area (Å²) < 4.78 is 0. The lowest BCUT2D eigenvalue weighted by atomic mass is 9.97. The summed E-state index contributed by atoms with van der Waals surface area (Å²) >= 11 is 0. The number of rotatable bonds is 23. The average Bonchev–Trinajstić information content (AvgIpc) is 3.60. The van der Waals surface area contributed by atoms with Crippen LogP contribution in [0.4, 0.5) is 0 Å². The van der Waals surface area contributed by atoms with Gasteiger partial charge in [-0.25, -0.2) is 0 Å². The zero-order valence-electron chi connectivity index (χ0n) is 33.5. The van der Waals surface area contributed by atoms with Crippen LogP contribution in [-0.2, 0) is 51.2 Å². The first-order valence-corrected chi connectivity index (χ1v) is 19.2. The summed E-state index contributed by atoms with van der Waals surface area (Å²) in [7, 11) is 0. The number of benzene rings is 2. The summed E-state index contributed by atoms with van der Waals surface area (Å²) in [4.78, 5) is 106. The minimum atomic E-state index is -1.58. The Labute approximate surface area is 341 Å². The maximum absolute atomic E-state index is 13.7. The number of nitrogens with one attached hydrogen (secondary N) is 7. The smallest absolute Gasteiger partial charge is 0.322 e. The highest BCUT2D eigenvalue weighted by Gasteiger charge is 2.32. The van der Waals surface area contributed by atoms with Crippen LogP contribution in [0.3, 0.4) is 0 Å². The second-order valence-electron chi connectivity index (χ2n) is 14.8. The number of carboxylic acid groups (broad SMARTS) is 1. The molecule has 0 spiro atoms. The van der Waals surface area contributed by atoms with E-state index in [4.69, 9.17) is 16.6 Å². The van der Waals surface area contributed by atoms with Gasteiger partial charge < -0.3 is 58.6 Å². The van der Waals surface area contributed by atoms with E-state index in [0.29, 0.717) is 17.5 Å². The van der Waals surface area contributed by atoms with Gasteiger partial charge in [0, 0.05) is 29.9 Å². The fourth-order valence-electron chi connectivity index (χ4n) is 6.07. The van der Waals surface area contributed by atoms with Gasteiger partial charge in [-0.05, 0) is 47.6 Å². The molecule has 0 aliphatic carbocycles. The molecule has 3 aromatic rings. The number of carbonyl (C=O) groups excluding carboxylic acids is 7. The Morgan fingerprint density at radius 3 is 1.92 bits per heavy atom. The predicted octanol–water partition coefficient (Wildman–Crippen LogP) is -0.790. The van der Waals surface area contributed by atoms with Gasteiger partial charge in [-0.3, -0.25) is 38.4 Å². The van der Waals surface area contributed by atoms with Crippen molar-refractivity contribution in [1.29, 1.82) is 0 Å². The van der Waals surface area contributed by atoms with E-state index in [-0.39, 0.29) is 36.8 Å². The molecule has 0 unspecified atom stereocenters. The summed E-state index contributed by atoms with van der Waals surface area (Å²) in [6, 6.07) is 6.87. The molecule has 0 fully saturated rings. The van der Waals surface area contributed by atoms with Crippen molar-refractivity contribution in [1.82, 2.24) is 36.9 Å². The number of carboxylic acids is 1. The number of aromatic hydroxyl groups is 1.